The number of aromatic nitrogens is 3. The summed E-state index contributed by atoms with van der Waals surface area (Å²) in [7, 11) is 0. The van der Waals surface area contributed by atoms with Crippen LogP contribution in [0.3, 0.4) is 0 Å². The Morgan fingerprint density at radius 1 is 1.24 bits per heavy atom. The van der Waals surface area contributed by atoms with Gasteiger partial charge in [-0.05, 0) is 54.7 Å². The highest BCUT2D eigenvalue weighted by Gasteiger charge is 2.44. The van der Waals surface area contributed by atoms with Crippen molar-refractivity contribution < 1.29 is 23.8 Å². The van der Waals surface area contributed by atoms with Crippen molar-refractivity contribution in [1.82, 2.24) is 19.9 Å². The van der Waals surface area contributed by atoms with Crippen molar-refractivity contribution in [2.75, 3.05) is 25.0 Å². The summed E-state index contributed by atoms with van der Waals surface area (Å²) in [6.45, 7) is 1.48. The number of carbonyl (C=O) groups is 2. The quantitative estimate of drug-likeness (QED) is 0.507. The van der Waals surface area contributed by atoms with E-state index in [4.69, 9.17) is 9.84 Å². The molecule has 3 heterocycles. The fraction of sp³-hybridized carbons (Fsp3) is 0.370. The third-order valence-corrected chi connectivity index (χ3v) is 6.88. The Kier molecular flexibility index (Phi) is 7.09. The zero-order chi connectivity index (χ0) is 25.9. The van der Waals surface area contributed by atoms with Crippen LogP contribution in [-0.4, -0.2) is 68.7 Å². The second-order valence-corrected chi connectivity index (χ2v) is 9.45. The van der Waals surface area contributed by atoms with Crippen molar-refractivity contribution in [2.24, 2.45) is 5.92 Å². The van der Waals surface area contributed by atoms with Gasteiger partial charge in [-0.1, -0.05) is 6.07 Å². The van der Waals surface area contributed by atoms with E-state index in [9.17, 15) is 14.0 Å². The molecule has 2 amide bonds. The van der Waals surface area contributed by atoms with Crippen LogP contribution in [0.1, 0.15) is 29.9 Å². The second kappa shape index (κ2) is 10.6. The largest absolute Gasteiger partial charge is 0.487 e. The van der Waals surface area contributed by atoms with E-state index in [0.717, 1.165) is 23.1 Å². The Hall–Kier alpha value is -3.92. The number of ether oxygens (including phenoxy) is 1. The molecule has 9 nitrogen and oxygen atoms in total. The monoisotopic (exact) mass is 505 g/mol. The molecule has 192 valence electrons. The number of aryl methyl sites for hydroxylation is 1. The number of piperidine rings is 1. The molecule has 5 rings (SSSR count). The Bertz CT molecular complexity index is 1290. The minimum absolute atomic E-state index is 0.0778. The number of benzene rings is 1. The third-order valence-electron chi connectivity index (χ3n) is 6.88. The van der Waals surface area contributed by atoms with Gasteiger partial charge in [0.1, 0.15) is 30.6 Å². The van der Waals surface area contributed by atoms with Gasteiger partial charge in [0.2, 0.25) is 11.8 Å². The van der Waals surface area contributed by atoms with Gasteiger partial charge in [0.05, 0.1) is 12.2 Å². The van der Waals surface area contributed by atoms with E-state index in [0.29, 0.717) is 30.2 Å². The first-order valence-corrected chi connectivity index (χ1v) is 12.3. The predicted octanol–water partition coefficient (Wildman–Crippen LogP) is 2.90. The van der Waals surface area contributed by atoms with Crippen LogP contribution in [0.25, 0.3) is 11.3 Å². The number of aliphatic hydroxyl groups excluding tert-OH is 1. The topological polar surface area (TPSA) is 118 Å². The molecule has 0 radical (unpaired) electrons. The molecule has 37 heavy (non-hydrogen) atoms. The summed E-state index contributed by atoms with van der Waals surface area (Å²) < 4.78 is 20.6. The van der Waals surface area contributed by atoms with Crippen LogP contribution in [0.15, 0.2) is 55.1 Å². The minimum atomic E-state index is -1.35. The Morgan fingerprint density at radius 3 is 2.84 bits per heavy atom. The molecule has 1 saturated heterocycles. The lowest BCUT2D eigenvalue weighted by Crippen LogP contribution is -2.50. The van der Waals surface area contributed by atoms with Crippen LogP contribution in [-0.2, 0) is 9.59 Å². The van der Waals surface area contributed by atoms with E-state index in [1.54, 1.807) is 24.5 Å². The molecule has 10 heteroatoms. The maximum atomic E-state index is 14.6. The normalized spacial score (nSPS) is 22.8. The molecule has 2 aromatic heterocycles. The molecule has 2 aliphatic rings. The number of nitrogens with one attached hydrogen (secondary N) is 1. The fourth-order valence-electron chi connectivity index (χ4n) is 4.70. The summed E-state index contributed by atoms with van der Waals surface area (Å²) >= 11 is 0. The first kappa shape index (κ1) is 24.8. The maximum absolute atomic E-state index is 14.6. The molecular weight excluding hydrogens is 477 g/mol. The number of alkyl halides is 1. The summed E-state index contributed by atoms with van der Waals surface area (Å²) in [5.41, 5.74) is 3.31. The van der Waals surface area contributed by atoms with Crippen molar-refractivity contribution in [3.63, 3.8) is 0 Å². The maximum Gasteiger partial charge on any atom is 0.248 e. The highest BCUT2D eigenvalue weighted by Crippen LogP contribution is 2.47. The van der Waals surface area contributed by atoms with Crippen molar-refractivity contribution in [2.45, 2.75) is 38.0 Å². The van der Waals surface area contributed by atoms with E-state index in [1.807, 2.05) is 31.2 Å². The average molecular weight is 506 g/mol. The summed E-state index contributed by atoms with van der Waals surface area (Å²) in [6, 6.07) is 11.1. The number of aliphatic hydroxyl groups is 1. The number of hydrogen-bond donors (Lipinski definition) is 2. The van der Waals surface area contributed by atoms with Gasteiger partial charge in [0.25, 0.3) is 0 Å². The smallest absolute Gasteiger partial charge is 0.248 e. The molecule has 1 saturated carbocycles. The van der Waals surface area contributed by atoms with Gasteiger partial charge in [-0.3, -0.25) is 14.6 Å². The van der Waals surface area contributed by atoms with Gasteiger partial charge in [-0.15, -0.1) is 0 Å². The van der Waals surface area contributed by atoms with E-state index in [1.165, 1.54) is 11.2 Å². The standard InChI is InChI=1S/C27H28FN5O4/c1-16-9-17(4-5-23(16)37-24-6-8-33(13-21(24)28)26(35)14-34)22-11-25(31-15-30-22)32-27(36)20-10-19(20)18-3-2-7-29-12-18/h2-5,7,9,11-12,15,19-21,24,34H,6,8,10,13-14H2,1H3,(H,30,31,32,36)/t19-,20+,21+,24-/m0/s1. The number of amides is 2. The summed E-state index contributed by atoms with van der Waals surface area (Å²) in [4.78, 5) is 38.3. The number of nitrogens with zero attached hydrogens (tertiary/aromatic N) is 4. The van der Waals surface area contributed by atoms with E-state index in [-0.39, 0.29) is 24.3 Å². The Balaban J connectivity index is 1.21. The number of hydrogen-bond acceptors (Lipinski definition) is 7. The van der Waals surface area contributed by atoms with E-state index >= 15 is 0 Å². The van der Waals surface area contributed by atoms with Gasteiger partial charge in [-0.25, -0.2) is 14.4 Å². The first-order chi connectivity index (χ1) is 17.9. The number of halogens is 1. The predicted molar refractivity (Wildman–Crippen MR) is 134 cm³/mol. The number of rotatable bonds is 7. The Morgan fingerprint density at radius 2 is 2.11 bits per heavy atom. The summed E-state index contributed by atoms with van der Waals surface area (Å²) in [6.07, 6.45) is 4.02. The number of carbonyl (C=O) groups excluding carboxylic acids is 2. The van der Waals surface area contributed by atoms with Gasteiger partial charge >= 0.3 is 0 Å². The van der Waals surface area contributed by atoms with Crippen molar-refractivity contribution >= 4 is 17.6 Å². The van der Waals surface area contributed by atoms with E-state index in [2.05, 4.69) is 20.3 Å². The molecular formula is C27H28FN5O4. The summed E-state index contributed by atoms with van der Waals surface area (Å²) in [5.74, 6) is 0.495. The highest BCUT2D eigenvalue weighted by molar-refractivity contribution is 5.94. The minimum Gasteiger partial charge on any atom is -0.487 e. The molecule has 0 bridgehead atoms. The number of likely N-dealkylation sites (tertiary alicyclic amines) is 1. The van der Waals surface area contributed by atoms with E-state index < -0.39 is 24.8 Å². The second-order valence-electron chi connectivity index (χ2n) is 9.45. The highest BCUT2D eigenvalue weighted by atomic mass is 19.1. The Labute approximate surface area is 213 Å². The average Bonchev–Trinajstić information content (AvgIpc) is 3.72. The van der Waals surface area contributed by atoms with Gasteiger partial charge in [-0.2, -0.15) is 0 Å². The van der Waals surface area contributed by atoms with Crippen LogP contribution in [0.5, 0.6) is 5.75 Å². The first-order valence-electron chi connectivity index (χ1n) is 12.3. The van der Waals surface area contributed by atoms with Crippen molar-refractivity contribution in [1.29, 1.82) is 0 Å². The van der Waals surface area contributed by atoms with Crippen LogP contribution < -0.4 is 10.1 Å². The molecule has 3 aromatic rings. The third kappa shape index (κ3) is 5.59. The fourth-order valence-corrected chi connectivity index (χ4v) is 4.70. The molecule has 0 spiro atoms. The van der Waals surface area contributed by atoms with Crippen molar-refractivity contribution in [3.8, 4) is 17.0 Å². The SMILES string of the molecule is Cc1cc(-c2cc(NC(=O)[C@@H]3C[C@H]3c3cccnc3)ncn2)ccc1O[C@H]1CCN(C(=O)CO)C[C@H]1F. The number of anilines is 1. The lowest BCUT2D eigenvalue weighted by molar-refractivity contribution is -0.138. The molecule has 0 unspecified atom stereocenters. The zero-order valence-electron chi connectivity index (χ0n) is 20.4. The number of pyridine rings is 1. The lowest BCUT2D eigenvalue weighted by atomic mass is 10.0. The molecule has 1 aromatic carbocycles. The van der Waals surface area contributed by atoms with Crippen molar-refractivity contribution in [3.05, 3.63) is 66.2 Å². The van der Waals surface area contributed by atoms with Gasteiger partial charge < -0.3 is 20.1 Å². The van der Waals surface area contributed by atoms with Crippen LogP contribution in [0, 0.1) is 12.8 Å². The van der Waals surface area contributed by atoms with Crippen LogP contribution >= 0.6 is 0 Å². The molecule has 2 N–H and O–H groups in total. The molecule has 1 aliphatic heterocycles. The lowest BCUT2D eigenvalue weighted by Gasteiger charge is -2.34. The van der Waals surface area contributed by atoms with Crippen LogP contribution in [0.4, 0.5) is 10.2 Å². The summed E-state index contributed by atoms with van der Waals surface area (Å²) in [5, 5.41) is 11.9. The van der Waals surface area contributed by atoms with Gasteiger partial charge in [0.15, 0.2) is 6.17 Å². The molecule has 2 fully saturated rings. The van der Waals surface area contributed by atoms with Gasteiger partial charge in [0, 0.05) is 42.9 Å². The molecule has 4 atom stereocenters. The molecule has 1 aliphatic carbocycles. The van der Waals surface area contributed by atoms with Crippen LogP contribution in [0.2, 0.25) is 0 Å². The zero-order valence-corrected chi connectivity index (χ0v) is 20.4.